The monoisotopic (exact) mass is 743 g/mol. The van der Waals surface area contributed by atoms with E-state index in [1.54, 1.807) is 18.2 Å². The van der Waals surface area contributed by atoms with Crippen LogP contribution < -0.4 is 5.19 Å². The zero-order chi connectivity index (χ0) is 20.2. The van der Waals surface area contributed by atoms with E-state index in [9.17, 15) is 9.90 Å². The Hall–Kier alpha value is -0.00364. The third-order valence-electron chi connectivity index (χ3n) is 5.55. The van der Waals surface area contributed by atoms with Gasteiger partial charge >= 0.3 is 209 Å². The average Bonchev–Trinajstić information content (AvgIpc) is 2.94. The van der Waals surface area contributed by atoms with Gasteiger partial charge in [0.15, 0.2) is 0 Å². The summed E-state index contributed by atoms with van der Waals surface area (Å²) >= 11 is 8.71. The molecule has 0 spiro atoms. The van der Waals surface area contributed by atoms with E-state index in [2.05, 4.69) is 75.0 Å². The molecule has 1 aromatic heterocycles. The van der Waals surface area contributed by atoms with Crippen LogP contribution in [0.1, 0.15) is 13.8 Å². The van der Waals surface area contributed by atoms with Gasteiger partial charge in [0.05, 0.1) is 0 Å². The van der Waals surface area contributed by atoms with Gasteiger partial charge in [-0.2, -0.15) is 0 Å². The van der Waals surface area contributed by atoms with Gasteiger partial charge in [0.1, 0.15) is 0 Å². The van der Waals surface area contributed by atoms with Crippen LogP contribution in [-0.4, -0.2) is 39.2 Å². The molecule has 1 aliphatic carbocycles. The topological polar surface area (TPSA) is 49.7 Å². The van der Waals surface area contributed by atoms with Gasteiger partial charge in [0.25, 0.3) is 0 Å². The van der Waals surface area contributed by atoms with Crippen LogP contribution in [-0.2, 0) is 4.79 Å². The Balaban J connectivity index is 2.14. The van der Waals surface area contributed by atoms with Gasteiger partial charge in [0, 0.05) is 0 Å². The third-order valence-corrected chi connectivity index (χ3v) is 19.7. The molecule has 0 unspecified atom stereocenters. The molecule has 3 nitrogen and oxygen atoms in total. The first-order valence-corrected chi connectivity index (χ1v) is 15.9. The number of carbonyl (C=O) groups excluding carboxylic acids is 1. The predicted molar refractivity (Wildman–Crippen MR) is 139 cm³/mol. The average molecular weight is 743 g/mol. The van der Waals surface area contributed by atoms with Crippen LogP contribution in [0.2, 0.25) is 12.1 Å². The molecule has 2 aromatic rings. The molecule has 8 heteroatoms. The first-order chi connectivity index (χ1) is 13.3. The van der Waals surface area contributed by atoms with Crippen LogP contribution in [0.3, 0.4) is 0 Å². The Morgan fingerprint density at radius 3 is 2.54 bits per heavy atom. The fourth-order valence-electron chi connectivity index (χ4n) is 4.16. The van der Waals surface area contributed by atoms with Crippen molar-refractivity contribution in [1.29, 1.82) is 0 Å². The van der Waals surface area contributed by atoms with E-state index >= 15 is 0 Å². The summed E-state index contributed by atoms with van der Waals surface area (Å²) in [5, 5.41) is 13.3. The zero-order valence-corrected chi connectivity index (χ0v) is 23.8. The van der Waals surface area contributed by atoms with Crippen LogP contribution in [0.25, 0.3) is 10.0 Å². The Bertz CT molecular complexity index is 1120. The second-order valence-corrected chi connectivity index (χ2v) is 18.1. The van der Waals surface area contributed by atoms with E-state index in [1.807, 2.05) is 12.1 Å². The molecule has 0 fully saturated rings. The number of hydrogen-bond acceptors (Lipinski definition) is 3. The molecular weight excluding hydrogens is 727 g/mol. The number of phenols is 1. The van der Waals surface area contributed by atoms with Crippen molar-refractivity contribution in [2.45, 2.75) is 25.9 Å². The number of halogens is 3. The molecule has 0 bridgehead atoms. The van der Waals surface area contributed by atoms with Gasteiger partial charge in [-0.1, -0.05) is 0 Å². The first-order valence-electron chi connectivity index (χ1n) is 8.87. The SMILES string of the molecule is CC[Si]1(CC)C2=CC(=O)C=CC2=Nc2ccc(O)c(-c3[se]c(I)c(I)c3Br)c21. The van der Waals surface area contributed by atoms with Crippen LogP contribution in [0.5, 0.6) is 5.75 Å². The molecule has 28 heavy (non-hydrogen) atoms. The van der Waals surface area contributed by atoms with Crippen LogP contribution >= 0.6 is 61.1 Å². The summed E-state index contributed by atoms with van der Waals surface area (Å²) in [4.78, 5) is 17.1. The number of aliphatic imine (C=N–C) groups is 1. The number of ketones is 1. The van der Waals surface area contributed by atoms with E-state index < -0.39 is 8.07 Å². The Morgan fingerprint density at radius 2 is 1.93 bits per heavy atom. The molecule has 144 valence electrons. The Kier molecular flexibility index (Phi) is 6.01. The molecular formula is C20H16BrI2NO2SeSi. The molecule has 2 heterocycles. The maximum atomic E-state index is 12.2. The normalized spacial score (nSPS) is 17.1. The molecule has 2 aliphatic rings. The first kappa shape index (κ1) is 21.2. The Morgan fingerprint density at radius 1 is 1.21 bits per heavy atom. The maximum absolute atomic E-state index is 12.2. The Labute approximate surface area is 206 Å². The molecule has 0 saturated heterocycles. The van der Waals surface area contributed by atoms with Crippen molar-refractivity contribution in [3.8, 4) is 15.8 Å². The van der Waals surface area contributed by atoms with Crippen molar-refractivity contribution in [3.05, 3.63) is 46.0 Å². The van der Waals surface area contributed by atoms with Crippen molar-refractivity contribution >= 4 is 106 Å². The summed E-state index contributed by atoms with van der Waals surface area (Å²) in [6.07, 6.45) is 5.26. The fourth-order valence-corrected chi connectivity index (χ4v) is 15.0. The molecule has 1 aromatic carbocycles. The van der Waals surface area contributed by atoms with Gasteiger partial charge in [0.2, 0.25) is 0 Å². The summed E-state index contributed by atoms with van der Waals surface area (Å²) < 4.78 is 4.83. The van der Waals surface area contributed by atoms with Gasteiger partial charge in [-0.15, -0.1) is 0 Å². The molecule has 0 amide bonds. The minimum atomic E-state index is -2.24. The zero-order valence-electron chi connectivity index (χ0n) is 15.1. The number of benzene rings is 1. The number of fused-ring (bicyclic) bond motifs is 2. The molecule has 1 aliphatic heterocycles. The summed E-state index contributed by atoms with van der Waals surface area (Å²) in [7, 11) is -2.24. The van der Waals surface area contributed by atoms with E-state index in [0.29, 0.717) is 5.75 Å². The van der Waals surface area contributed by atoms with E-state index in [-0.39, 0.29) is 20.3 Å². The van der Waals surface area contributed by atoms with Gasteiger partial charge in [-0.3, -0.25) is 0 Å². The van der Waals surface area contributed by atoms with Crippen LogP contribution in [0.15, 0.2) is 45.0 Å². The standard InChI is InChI=1S/C20H16BrI2NO2SeSi/c1-3-28(4-2)14-9-10(25)5-6-11(14)24-12-7-8-13(26)15(19(12)28)18-16(21)17(22)20(23)27-18/h5-9,26H,3-4H2,1-2H3. The van der Waals surface area contributed by atoms with Crippen molar-refractivity contribution in [2.24, 2.45) is 4.99 Å². The third kappa shape index (κ3) is 3.13. The van der Waals surface area contributed by atoms with Gasteiger partial charge in [-0.05, 0) is 0 Å². The second kappa shape index (κ2) is 7.92. The van der Waals surface area contributed by atoms with E-state index in [1.165, 1.54) is 15.6 Å². The number of carbonyl (C=O) groups is 1. The summed E-state index contributed by atoms with van der Waals surface area (Å²) in [5.74, 6) is 0.354. The summed E-state index contributed by atoms with van der Waals surface area (Å²) in [5.41, 5.74) is 2.83. The predicted octanol–water partition coefficient (Wildman–Crippen LogP) is 5.47. The minimum absolute atomic E-state index is 0.0362. The van der Waals surface area contributed by atoms with Crippen molar-refractivity contribution in [1.82, 2.24) is 0 Å². The molecule has 4 rings (SSSR count). The number of nitrogens with zero attached hydrogens (tertiary/aromatic N) is 1. The molecule has 0 radical (unpaired) electrons. The van der Waals surface area contributed by atoms with Crippen molar-refractivity contribution in [3.63, 3.8) is 0 Å². The molecule has 0 saturated carbocycles. The van der Waals surface area contributed by atoms with Gasteiger partial charge < -0.3 is 0 Å². The second-order valence-electron chi connectivity index (χ2n) is 6.77. The number of aromatic hydroxyl groups is 1. The summed E-state index contributed by atoms with van der Waals surface area (Å²) in [6, 6.07) is 5.66. The molecule has 1 N–H and O–H groups in total. The number of phenolic OH excluding ortho intramolecular Hbond substituents is 1. The fraction of sp³-hybridized carbons (Fsp3) is 0.200. The van der Waals surface area contributed by atoms with Gasteiger partial charge in [-0.25, -0.2) is 0 Å². The number of allylic oxidation sites excluding steroid dienone is 4. The summed E-state index contributed by atoms with van der Waals surface area (Å²) in [6.45, 7) is 4.43. The van der Waals surface area contributed by atoms with Crippen LogP contribution in [0.4, 0.5) is 5.69 Å². The van der Waals surface area contributed by atoms with Crippen molar-refractivity contribution < 1.29 is 9.90 Å². The number of rotatable bonds is 3. The molecule has 0 atom stereocenters. The van der Waals surface area contributed by atoms with E-state index in [4.69, 9.17) is 4.99 Å². The van der Waals surface area contributed by atoms with Crippen LogP contribution in [0, 0.1) is 6.01 Å². The number of hydrogen-bond donors (Lipinski definition) is 1. The van der Waals surface area contributed by atoms with E-state index in [0.717, 1.165) is 38.7 Å². The van der Waals surface area contributed by atoms with Crippen molar-refractivity contribution in [2.75, 3.05) is 0 Å². The quantitative estimate of drug-likeness (QED) is 0.258.